The number of β-lactam (4-membered cyclic amide) rings is 1. The lowest BCUT2D eigenvalue weighted by Crippen LogP contribution is -2.80. The summed E-state index contributed by atoms with van der Waals surface area (Å²) in [5, 5.41) is 2.06. The molecule has 144 valence electrons. The molecule has 0 unspecified atom stereocenters. The number of hydrogen-bond acceptors (Lipinski definition) is 7. The fourth-order valence-corrected chi connectivity index (χ4v) is 4.41. The molecule has 3 rings (SSSR count). The number of hydrogen-bond donors (Lipinski definition) is 1. The summed E-state index contributed by atoms with van der Waals surface area (Å²) in [5.41, 5.74) is -0.601. The second-order valence-electron chi connectivity index (χ2n) is 6.05. The Kier molecular flexibility index (Phi) is 5.43. The minimum Gasteiger partial charge on any atom is -0.484 e. The number of methoxy groups -OCH3 is 2. The molecule has 9 heteroatoms. The Hall–Kier alpha value is -2.52. The quantitative estimate of drug-likeness (QED) is 0.436. The molecule has 1 fully saturated rings. The molecule has 27 heavy (non-hydrogen) atoms. The highest BCUT2D eigenvalue weighted by atomic mass is 32.2. The molecule has 2 aliphatic rings. The van der Waals surface area contributed by atoms with Crippen LogP contribution in [0, 0.1) is 0 Å². The van der Waals surface area contributed by atoms with E-state index in [0.29, 0.717) is 11.5 Å². The Morgan fingerprint density at radius 3 is 2.63 bits per heavy atom. The summed E-state index contributed by atoms with van der Waals surface area (Å²) in [6.45, 7) is 1.50. The van der Waals surface area contributed by atoms with Crippen molar-refractivity contribution in [3.05, 3.63) is 41.6 Å². The van der Waals surface area contributed by atoms with Crippen LogP contribution >= 0.6 is 11.8 Å². The number of esters is 1. The highest BCUT2D eigenvalue weighted by Gasteiger charge is 2.66. The zero-order chi connectivity index (χ0) is 19.6. The van der Waals surface area contributed by atoms with Crippen molar-refractivity contribution in [3.63, 3.8) is 0 Å². The fraction of sp³-hybridized carbons (Fsp3) is 0.389. The van der Waals surface area contributed by atoms with Gasteiger partial charge in [0.25, 0.3) is 17.5 Å². The first-order valence-electron chi connectivity index (χ1n) is 8.22. The second kappa shape index (κ2) is 7.61. The van der Waals surface area contributed by atoms with Crippen LogP contribution in [0.4, 0.5) is 0 Å². The first-order chi connectivity index (χ1) is 12.9. The average molecular weight is 392 g/mol. The van der Waals surface area contributed by atoms with Crippen LogP contribution in [0.1, 0.15) is 6.92 Å². The van der Waals surface area contributed by atoms with Gasteiger partial charge in [0.2, 0.25) is 0 Å². The van der Waals surface area contributed by atoms with E-state index in [9.17, 15) is 14.4 Å². The molecule has 0 aromatic heterocycles. The van der Waals surface area contributed by atoms with Crippen LogP contribution in [0.3, 0.4) is 0 Å². The van der Waals surface area contributed by atoms with Crippen LogP contribution in [-0.2, 0) is 23.9 Å². The molecule has 0 saturated carbocycles. The largest absolute Gasteiger partial charge is 0.484 e. The highest BCUT2D eigenvalue weighted by Crippen LogP contribution is 2.46. The van der Waals surface area contributed by atoms with Gasteiger partial charge in [-0.1, -0.05) is 18.2 Å². The molecule has 0 aliphatic carbocycles. The molecule has 8 nitrogen and oxygen atoms in total. The summed E-state index contributed by atoms with van der Waals surface area (Å²) in [6, 6.07) is 8.87. The van der Waals surface area contributed by atoms with Crippen molar-refractivity contribution in [2.45, 2.75) is 18.0 Å². The Morgan fingerprint density at radius 2 is 2.00 bits per heavy atom. The summed E-state index contributed by atoms with van der Waals surface area (Å²) >= 11 is 1.40. The van der Waals surface area contributed by atoms with Gasteiger partial charge in [-0.05, 0) is 24.6 Å². The van der Waals surface area contributed by atoms with Gasteiger partial charge >= 0.3 is 5.97 Å². The van der Waals surface area contributed by atoms with E-state index in [0.717, 1.165) is 5.57 Å². The lowest BCUT2D eigenvalue weighted by molar-refractivity contribution is -0.193. The number of ether oxygens (including phenoxy) is 3. The third-order valence-corrected chi connectivity index (χ3v) is 5.82. The van der Waals surface area contributed by atoms with Gasteiger partial charge in [-0.25, -0.2) is 4.79 Å². The van der Waals surface area contributed by atoms with Gasteiger partial charge in [0, 0.05) is 12.9 Å². The molecule has 1 N–H and O–H groups in total. The molecular formula is C18H20N2O6S. The monoisotopic (exact) mass is 392 g/mol. The molecule has 1 aromatic rings. The van der Waals surface area contributed by atoms with E-state index >= 15 is 0 Å². The molecule has 2 atom stereocenters. The number of benzene rings is 1. The zero-order valence-electron chi connectivity index (χ0n) is 15.2. The van der Waals surface area contributed by atoms with Crippen molar-refractivity contribution in [1.82, 2.24) is 10.2 Å². The maximum Gasteiger partial charge on any atom is 0.354 e. The number of carbonyl (C=O) groups is 3. The number of nitrogens with one attached hydrogen (secondary N) is 1. The molecule has 2 heterocycles. The third kappa shape index (κ3) is 3.28. The molecule has 1 saturated heterocycles. The van der Waals surface area contributed by atoms with Crippen LogP contribution in [0.5, 0.6) is 5.75 Å². The van der Waals surface area contributed by atoms with Gasteiger partial charge in [0.05, 0.1) is 7.11 Å². The third-order valence-electron chi connectivity index (χ3n) is 4.36. The minimum atomic E-state index is -1.54. The summed E-state index contributed by atoms with van der Waals surface area (Å²) in [4.78, 5) is 38.5. The SMILES string of the molecule is COC(=O)C1=C(C)CS[C@@H]2N1C(=O)[C@]2(NC(=O)COc1ccccc1)OC. The number of rotatable bonds is 6. The van der Waals surface area contributed by atoms with Crippen LogP contribution in [0.2, 0.25) is 0 Å². The topological polar surface area (TPSA) is 94.2 Å². The summed E-state index contributed by atoms with van der Waals surface area (Å²) in [7, 11) is 2.60. The van der Waals surface area contributed by atoms with Crippen molar-refractivity contribution in [1.29, 1.82) is 0 Å². The van der Waals surface area contributed by atoms with Crippen molar-refractivity contribution in [2.24, 2.45) is 0 Å². The first-order valence-corrected chi connectivity index (χ1v) is 9.26. The molecule has 0 bridgehead atoms. The van der Waals surface area contributed by atoms with E-state index in [1.54, 1.807) is 31.2 Å². The molecule has 2 amide bonds. The van der Waals surface area contributed by atoms with Crippen molar-refractivity contribution in [3.8, 4) is 5.75 Å². The Morgan fingerprint density at radius 1 is 1.30 bits per heavy atom. The van der Waals surface area contributed by atoms with Crippen LogP contribution in [-0.4, -0.2) is 60.4 Å². The Labute approximate surface area is 160 Å². The second-order valence-corrected chi connectivity index (χ2v) is 7.12. The normalized spacial score (nSPS) is 24.0. The molecular weight excluding hydrogens is 372 g/mol. The van der Waals surface area contributed by atoms with Gasteiger partial charge in [0.1, 0.15) is 16.8 Å². The number of thioether (sulfide) groups is 1. The standard InChI is InChI=1S/C18H20N2O6S/c1-11-10-27-17-18(25-3,16(23)20(17)14(11)15(22)24-2)19-13(21)9-26-12-7-5-4-6-8-12/h4-8,17H,9-10H2,1-3H3,(H,19,21)/t17-,18-/m0/s1. The highest BCUT2D eigenvalue weighted by molar-refractivity contribution is 8.00. The maximum absolute atomic E-state index is 12.8. The average Bonchev–Trinajstić information content (AvgIpc) is 2.70. The minimum absolute atomic E-state index is 0.203. The number of para-hydroxylation sites is 1. The number of carbonyl (C=O) groups excluding carboxylic acids is 3. The molecule has 1 aromatic carbocycles. The van der Waals surface area contributed by atoms with Crippen LogP contribution in [0.15, 0.2) is 41.6 Å². The smallest absolute Gasteiger partial charge is 0.354 e. The summed E-state index contributed by atoms with van der Waals surface area (Å²) < 4.78 is 15.6. The lowest BCUT2D eigenvalue weighted by atomic mass is 9.98. The molecule has 0 spiro atoms. The van der Waals surface area contributed by atoms with E-state index in [1.165, 1.54) is 30.9 Å². The molecule has 0 radical (unpaired) electrons. The van der Waals surface area contributed by atoms with E-state index in [4.69, 9.17) is 14.2 Å². The summed E-state index contributed by atoms with van der Waals surface area (Å²) in [6.07, 6.45) is 0. The van der Waals surface area contributed by atoms with E-state index in [-0.39, 0.29) is 12.3 Å². The van der Waals surface area contributed by atoms with Gasteiger partial charge < -0.3 is 19.5 Å². The van der Waals surface area contributed by atoms with Crippen LogP contribution in [0.25, 0.3) is 0 Å². The van der Waals surface area contributed by atoms with E-state index in [2.05, 4.69) is 5.32 Å². The summed E-state index contributed by atoms with van der Waals surface area (Å²) in [5.74, 6) is -0.551. The number of amides is 2. The number of fused-ring (bicyclic) bond motifs is 1. The lowest BCUT2D eigenvalue weighted by Gasteiger charge is -2.55. The van der Waals surface area contributed by atoms with Gasteiger partial charge in [-0.15, -0.1) is 11.8 Å². The first kappa shape index (κ1) is 19.2. The number of nitrogens with zero attached hydrogens (tertiary/aromatic N) is 1. The van der Waals surface area contributed by atoms with Gasteiger partial charge in [-0.3, -0.25) is 14.5 Å². The maximum atomic E-state index is 12.8. The van der Waals surface area contributed by atoms with Gasteiger partial charge in [0.15, 0.2) is 6.61 Å². The van der Waals surface area contributed by atoms with Crippen molar-refractivity contribution < 1.29 is 28.6 Å². The van der Waals surface area contributed by atoms with Crippen LogP contribution < -0.4 is 10.1 Å². The fourth-order valence-electron chi connectivity index (χ4n) is 3.03. The Balaban J connectivity index is 1.72. The van der Waals surface area contributed by atoms with Crippen molar-refractivity contribution in [2.75, 3.05) is 26.6 Å². The zero-order valence-corrected chi connectivity index (χ0v) is 16.0. The van der Waals surface area contributed by atoms with E-state index in [1.807, 2.05) is 6.07 Å². The molecule has 2 aliphatic heterocycles. The predicted molar refractivity (Wildman–Crippen MR) is 97.6 cm³/mol. The Bertz CT molecular complexity index is 796. The predicted octanol–water partition coefficient (Wildman–Crippen LogP) is 0.886. The van der Waals surface area contributed by atoms with Crippen molar-refractivity contribution >= 4 is 29.5 Å². The van der Waals surface area contributed by atoms with E-state index < -0.39 is 28.9 Å². The van der Waals surface area contributed by atoms with Gasteiger partial charge in [-0.2, -0.15) is 0 Å².